The van der Waals surface area contributed by atoms with Crippen LogP contribution in [0.5, 0.6) is 0 Å². The number of hydrogen-bond donors (Lipinski definition) is 2. The zero-order valence-corrected chi connectivity index (χ0v) is 12.6. The molecular formula is C13H14N4O4S. The molecule has 2 aromatic rings. The largest absolute Gasteiger partial charge is 0.476 e. The quantitative estimate of drug-likeness (QED) is 0.843. The highest BCUT2D eigenvalue weighted by Gasteiger charge is 2.25. The summed E-state index contributed by atoms with van der Waals surface area (Å²) in [7, 11) is -3.28. The van der Waals surface area contributed by atoms with Crippen molar-refractivity contribution in [2.45, 2.75) is 17.9 Å². The van der Waals surface area contributed by atoms with E-state index in [1.807, 2.05) is 4.90 Å². The Bertz CT molecular complexity index is 826. The maximum absolute atomic E-state index is 11.4. The third-order valence-electron chi connectivity index (χ3n) is 3.61. The van der Waals surface area contributed by atoms with Crippen LogP contribution >= 0.6 is 0 Å². The summed E-state index contributed by atoms with van der Waals surface area (Å²) in [5.74, 6) is -0.463. The molecule has 0 atom stereocenters. The summed E-state index contributed by atoms with van der Waals surface area (Å²) >= 11 is 0. The molecule has 1 aliphatic heterocycles. The van der Waals surface area contributed by atoms with E-state index in [-0.39, 0.29) is 10.6 Å². The van der Waals surface area contributed by atoms with E-state index in [9.17, 15) is 13.2 Å². The first kappa shape index (κ1) is 14.5. The molecule has 0 fully saturated rings. The van der Waals surface area contributed by atoms with E-state index in [1.54, 1.807) is 6.07 Å². The number of hydrogen-bond acceptors (Lipinski definition) is 6. The first-order chi connectivity index (χ1) is 10.4. The second-order valence-electron chi connectivity index (χ2n) is 5.13. The van der Waals surface area contributed by atoms with Crippen LogP contribution < -0.4 is 4.90 Å². The monoisotopic (exact) mass is 322 g/mol. The number of pyridine rings is 1. The summed E-state index contributed by atoms with van der Waals surface area (Å²) in [5, 5.41) is 15.7. The Labute approximate surface area is 126 Å². The van der Waals surface area contributed by atoms with Gasteiger partial charge in [0.15, 0.2) is 15.5 Å². The molecule has 2 aromatic heterocycles. The topological polar surface area (TPSA) is 116 Å². The number of aromatic nitrogens is 3. The summed E-state index contributed by atoms with van der Waals surface area (Å²) in [6.45, 7) is 1.03. The van der Waals surface area contributed by atoms with Crippen molar-refractivity contribution in [1.29, 1.82) is 0 Å². The van der Waals surface area contributed by atoms with Gasteiger partial charge in [-0.1, -0.05) is 0 Å². The van der Waals surface area contributed by atoms with Gasteiger partial charge in [0.1, 0.15) is 5.82 Å². The molecule has 0 amide bonds. The predicted molar refractivity (Wildman–Crippen MR) is 77.6 cm³/mol. The van der Waals surface area contributed by atoms with E-state index >= 15 is 0 Å². The number of anilines is 1. The molecule has 0 saturated carbocycles. The fourth-order valence-corrected chi connectivity index (χ4v) is 3.01. The van der Waals surface area contributed by atoms with Crippen molar-refractivity contribution >= 4 is 21.6 Å². The highest BCUT2D eigenvalue weighted by molar-refractivity contribution is 7.90. The minimum absolute atomic E-state index is 0.0208. The van der Waals surface area contributed by atoms with E-state index in [1.165, 1.54) is 12.3 Å². The van der Waals surface area contributed by atoms with Gasteiger partial charge in [-0.15, -0.1) is 0 Å². The van der Waals surface area contributed by atoms with Crippen molar-refractivity contribution in [2.75, 3.05) is 17.7 Å². The number of carbonyl (C=O) groups is 1. The Hall–Kier alpha value is -2.42. The van der Waals surface area contributed by atoms with Gasteiger partial charge >= 0.3 is 5.97 Å². The van der Waals surface area contributed by atoms with E-state index in [4.69, 9.17) is 5.11 Å². The number of carboxylic acids is 1. The van der Waals surface area contributed by atoms with Gasteiger partial charge in [-0.05, 0) is 12.1 Å². The van der Waals surface area contributed by atoms with Gasteiger partial charge in [0.05, 0.1) is 4.90 Å². The molecule has 116 valence electrons. The summed E-state index contributed by atoms with van der Waals surface area (Å²) in [5.41, 5.74) is 1.49. The molecule has 0 spiro atoms. The number of carboxylic acid groups (broad SMARTS) is 1. The molecule has 0 aliphatic carbocycles. The summed E-state index contributed by atoms with van der Waals surface area (Å²) < 4.78 is 22.9. The van der Waals surface area contributed by atoms with Gasteiger partial charge in [-0.2, -0.15) is 5.10 Å². The molecule has 22 heavy (non-hydrogen) atoms. The van der Waals surface area contributed by atoms with E-state index in [0.717, 1.165) is 11.9 Å². The number of rotatable bonds is 3. The Morgan fingerprint density at radius 3 is 2.77 bits per heavy atom. The number of fused-ring (bicyclic) bond motifs is 1. The third kappa shape index (κ3) is 2.54. The standard InChI is InChI=1S/C13H14N4O4S/c1-22(20,21)8-2-3-11(14-6-8)17-5-4-10-9(7-17)12(13(18)19)16-15-10/h2-3,6H,4-5,7H2,1H3,(H,15,16)(H,18,19). The van der Waals surface area contributed by atoms with Crippen LogP contribution in [0, 0.1) is 0 Å². The maximum atomic E-state index is 11.4. The minimum atomic E-state index is -3.28. The third-order valence-corrected chi connectivity index (χ3v) is 4.71. The normalized spacial score (nSPS) is 14.7. The average Bonchev–Trinajstić information content (AvgIpc) is 2.89. The Balaban J connectivity index is 1.88. The highest BCUT2D eigenvalue weighted by atomic mass is 32.2. The van der Waals surface area contributed by atoms with Crippen molar-refractivity contribution in [3.63, 3.8) is 0 Å². The molecule has 9 heteroatoms. The number of aromatic amines is 1. The lowest BCUT2D eigenvalue weighted by atomic mass is 10.1. The van der Waals surface area contributed by atoms with Crippen LogP contribution in [0.25, 0.3) is 0 Å². The van der Waals surface area contributed by atoms with E-state index in [0.29, 0.717) is 30.9 Å². The molecular weight excluding hydrogens is 308 g/mol. The van der Waals surface area contributed by atoms with Crippen molar-refractivity contribution in [1.82, 2.24) is 15.2 Å². The number of nitrogens with zero attached hydrogens (tertiary/aromatic N) is 3. The molecule has 0 unspecified atom stereocenters. The van der Waals surface area contributed by atoms with Crippen LogP contribution in [0.4, 0.5) is 5.82 Å². The molecule has 0 radical (unpaired) electrons. The first-order valence-electron chi connectivity index (χ1n) is 6.56. The van der Waals surface area contributed by atoms with Crippen molar-refractivity contribution in [3.05, 3.63) is 35.3 Å². The second-order valence-corrected chi connectivity index (χ2v) is 7.15. The number of sulfone groups is 1. The molecule has 2 N–H and O–H groups in total. The van der Waals surface area contributed by atoms with Crippen LogP contribution in [0.3, 0.4) is 0 Å². The fourth-order valence-electron chi connectivity index (χ4n) is 2.45. The van der Waals surface area contributed by atoms with Gasteiger partial charge < -0.3 is 10.0 Å². The van der Waals surface area contributed by atoms with E-state index in [2.05, 4.69) is 15.2 Å². The van der Waals surface area contributed by atoms with Gasteiger partial charge in [-0.3, -0.25) is 5.10 Å². The SMILES string of the molecule is CS(=O)(=O)c1ccc(N2CCc3[nH]nc(C(=O)O)c3C2)nc1. The highest BCUT2D eigenvalue weighted by Crippen LogP contribution is 2.24. The Kier molecular flexibility index (Phi) is 3.36. The summed E-state index contributed by atoms with van der Waals surface area (Å²) in [4.78, 5) is 17.4. The fraction of sp³-hybridized carbons (Fsp3) is 0.308. The van der Waals surface area contributed by atoms with Gasteiger partial charge in [0, 0.05) is 43.2 Å². The average molecular weight is 322 g/mol. The Morgan fingerprint density at radius 2 is 2.18 bits per heavy atom. The predicted octanol–water partition coefficient (Wildman–Crippen LogP) is 0.469. The van der Waals surface area contributed by atoms with Crippen LogP contribution in [-0.2, 0) is 22.8 Å². The zero-order chi connectivity index (χ0) is 15.9. The molecule has 0 bridgehead atoms. The summed E-state index contributed by atoms with van der Waals surface area (Å²) in [6.07, 6.45) is 3.07. The lowest BCUT2D eigenvalue weighted by Gasteiger charge is -2.27. The van der Waals surface area contributed by atoms with Crippen LogP contribution in [-0.4, -0.2) is 47.5 Å². The smallest absolute Gasteiger partial charge is 0.356 e. The molecule has 3 heterocycles. The van der Waals surface area contributed by atoms with Crippen LogP contribution in [0.1, 0.15) is 21.7 Å². The molecule has 8 nitrogen and oxygen atoms in total. The second kappa shape index (κ2) is 5.09. The van der Waals surface area contributed by atoms with Crippen LogP contribution in [0.2, 0.25) is 0 Å². The molecule has 0 aromatic carbocycles. The Morgan fingerprint density at radius 1 is 1.41 bits per heavy atom. The zero-order valence-electron chi connectivity index (χ0n) is 11.8. The van der Waals surface area contributed by atoms with Crippen molar-refractivity contribution in [2.24, 2.45) is 0 Å². The summed E-state index contributed by atoms with van der Waals surface area (Å²) in [6, 6.07) is 3.13. The molecule has 0 saturated heterocycles. The maximum Gasteiger partial charge on any atom is 0.356 e. The number of nitrogens with one attached hydrogen (secondary N) is 1. The lowest BCUT2D eigenvalue weighted by molar-refractivity contribution is 0.0689. The van der Waals surface area contributed by atoms with Crippen molar-refractivity contribution in [3.8, 4) is 0 Å². The first-order valence-corrected chi connectivity index (χ1v) is 8.46. The number of aromatic carboxylic acids is 1. The van der Waals surface area contributed by atoms with E-state index < -0.39 is 15.8 Å². The van der Waals surface area contributed by atoms with Gasteiger partial charge in [-0.25, -0.2) is 18.2 Å². The lowest BCUT2D eigenvalue weighted by Crippen LogP contribution is -2.31. The minimum Gasteiger partial charge on any atom is -0.476 e. The van der Waals surface area contributed by atoms with Crippen molar-refractivity contribution < 1.29 is 18.3 Å². The van der Waals surface area contributed by atoms with Crippen LogP contribution in [0.15, 0.2) is 23.2 Å². The number of H-pyrrole nitrogens is 1. The molecule has 1 aliphatic rings. The van der Waals surface area contributed by atoms with Gasteiger partial charge in [0.25, 0.3) is 0 Å². The molecule has 3 rings (SSSR count). The van der Waals surface area contributed by atoms with Gasteiger partial charge in [0.2, 0.25) is 0 Å².